The van der Waals surface area contributed by atoms with E-state index >= 15 is 0 Å². The van der Waals surface area contributed by atoms with Crippen LogP contribution in [0.4, 0.5) is 4.39 Å². The van der Waals surface area contributed by atoms with Gasteiger partial charge in [-0.05, 0) is 32.4 Å². The third-order valence-corrected chi connectivity index (χ3v) is 3.85. The van der Waals surface area contributed by atoms with Gasteiger partial charge in [0.05, 0.1) is 6.04 Å². The predicted octanol–water partition coefficient (Wildman–Crippen LogP) is 3.49. The molecule has 0 aliphatic carbocycles. The van der Waals surface area contributed by atoms with E-state index in [0.29, 0.717) is 12.1 Å². The first-order valence-corrected chi connectivity index (χ1v) is 7.81. The molecule has 0 heterocycles. The maximum Gasteiger partial charge on any atom is 0.237 e. The summed E-state index contributed by atoms with van der Waals surface area (Å²) < 4.78 is 13.8. The molecule has 0 spiro atoms. The Hall–Kier alpha value is -2.20. The fourth-order valence-electron chi connectivity index (χ4n) is 2.41. The van der Waals surface area contributed by atoms with Gasteiger partial charge in [-0.1, -0.05) is 48.0 Å². The monoisotopic (exact) mass is 314 g/mol. The van der Waals surface area contributed by atoms with Crippen LogP contribution in [0.5, 0.6) is 0 Å². The largest absolute Gasteiger partial charge is 0.351 e. The number of nitrogens with one attached hydrogen (secondary N) is 2. The lowest BCUT2D eigenvalue weighted by Gasteiger charge is -2.20. The summed E-state index contributed by atoms with van der Waals surface area (Å²) in [5.41, 5.74) is 2.80. The number of benzene rings is 2. The first-order chi connectivity index (χ1) is 11.0. The van der Waals surface area contributed by atoms with Gasteiger partial charge in [0.1, 0.15) is 5.82 Å². The fraction of sp³-hybridized carbons (Fsp3) is 0.316. The number of hydrogen-bond acceptors (Lipinski definition) is 2. The Kier molecular flexibility index (Phi) is 5.88. The summed E-state index contributed by atoms with van der Waals surface area (Å²) in [7, 11) is 0. The van der Waals surface area contributed by atoms with Gasteiger partial charge in [-0.25, -0.2) is 4.39 Å². The topological polar surface area (TPSA) is 41.1 Å². The zero-order valence-electron chi connectivity index (χ0n) is 13.8. The molecule has 2 aromatic rings. The lowest BCUT2D eigenvalue weighted by Crippen LogP contribution is -2.43. The molecule has 3 nitrogen and oxygen atoms in total. The van der Waals surface area contributed by atoms with Gasteiger partial charge in [-0.2, -0.15) is 0 Å². The van der Waals surface area contributed by atoms with Crippen molar-refractivity contribution < 1.29 is 9.18 Å². The highest BCUT2D eigenvalue weighted by Crippen LogP contribution is 2.16. The van der Waals surface area contributed by atoms with E-state index in [9.17, 15) is 9.18 Å². The summed E-state index contributed by atoms with van der Waals surface area (Å²) in [5, 5.41) is 6.02. The Morgan fingerprint density at radius 3 is 2.39 bits per heavy atom. The number of amides is 1. The number of rotatable bonds is 6. The summed E-state index contributed by atoms with van der Waals surface area (Å²) in [4.78, 5) is 12.2. The van der Waals surface area contributed by atoms with Crippen LogP contribution in [0.3, 0.4) is 0 Å². The van der Waals surface area contributed by atoms with E-state index in [4.69, 9.17) is 0 Å². The molecule has 1 amide bonds. The van der Waals surface area contributed by atoms with Crippen LogP contribution >= 0.6 is 0 Å². The molecule has 2 N–H and O–H groups in total. The van der Waals surface area contributed by atoms with Gasteiger partial charge in [0.25, 0.3) is 0 Å². The van der Waals surface area contributed by atoms with E-state index in [1.165, 1.54) is 11.6 Å². The van der Waals surface area contributed by atoms with E-state index in [2.05, 4.69) is 10.6 Å². The molecule has 4 heteroatoms. The van der Waals surface area contributed by atoms with E-state index < -0.39 is 6.04 Å². The van der Waals surface area contributed by atoms with Crippen molar-refractivity contribution in [2.75, 3.05) is 0 Å². The van der Waals surface area contributed by atoms with Crippen LogP contribution in [0, 0.1) is 12.7 Å². The highest BCUT2D eigenvalue weighted by atomic mass is 19.1. The summed E-state index contributed by atoms with van der Waals surface area (Å²) in [6, 6.07) is 14.0. The number of carbonyl (C=O) groups is 1. The van der Waals surface area contributed by atoms with E-state index in [1.807, 2.05) is 38.1 Å². The van der Waals surface area contributed by atoms with E-state index in [1.54, 1.807) is 25.1 Å². The van der Waals surface area contributed by atoms with Gasteiger partial charge in [-0.3, -0.25) is 10.1 Å². The molecule has 0 saturated carbocycles. The summed E-state index contributed by atoms with van der Waals surface area (Å²) in [5.74, 6) is -0.367. The zero-order chi connectivity index (χ0) is 16.8. The second kappa shape index (κ2) is 7.88. The van der Waals surface area contributed by atoms with Crippen LogP contribution in [-0.2, 0) is 11.3 Å². The molecule has 2 atom stereocenters. The third kappa shape index (κ3) is 4.89. The van der Waals surface area contributed by atoms with E-state index in [0.717, 1.165) is 5.56 Å². The Morgan fingerprint density at radius 2 is 1.74 bits per heavy atom. The summed E-state index contributed by atoms with van der Waals surface area (Å²) >= 11 is 0. The van der Waals surface area contributed by atoms with Crippen LogP contribution < -0.4 is 10.6 Å². The Labute approximate surface area is 136 Å². The smallest absolute Gasteiger partial charge is 0.237 e. The molecule has 0 fully saturated rings. The van der Waals surface area contributed by atoms with Crippen molar-refractivity contribution in [3.63, 3.8) is 0 Å². The van der Waals surface area contributed by atoms with Crippen LogP contribution in [0.25, 0.3) is 0 Å². The van der Waals surface area contributed by atoms with Crippen LogP contribution in [-0.4, -0.2) is 11.9 Å². The molecular weight excluding hydrogens is 291 g/mol. The Morgan fingerprint density at radius 1 is 1.09 bits per heavy atom. The normalized spacial score (nSPS) is 13.4. The van der Waals surface area contributed by atoms with Gasteiger partial charge in [0, 0.05) is 18.2 Å². The molecule has 2 unspecified atom stereocenters. The van der Waals surface area contributed by atoms with Gasteiger partial charge in [0.2, 0.25) is 5.91 Å². The molecule has 0 bridgehead atoms. The van der Waals surface area contributed by atoms with Gasteiger partial charge < -0.3 is 5.32 Å². The van der Waals surface area contributed by atoms with Crippen molar-refractivity contribution >= 4 is 5.91 Å². The highest BCUT2D eigenvalue weighted by molar-refractivity contribution is 5.81. The summed E-state index contributed by atoms with van der Waals surface area (Å²) in [6.07, 6.45) is 0. The SMILES string of the molecule is Cc1ccc(CNC(=O)C(C)NC(C)c2ccccc2F)cc1. The van der Waals surface area contributed by atoms with Gasteiger partial charge >= 0.3 is 0 Å². The Balaban J connectivity index is 1.87. The van der Waals surface area contributed by atoms with Crippen LogP contribution in [0.1, 0.15) is 36.6 Å². The second-order valence-electron chi connectivity index (χ2n) is 5.83. The average molecular weight is 314 g/mol. The molecule has 0 aliphatic rings. The molecular formula is C19H23FN2O. The van der Waals surface area contributed by atoms with Gasteiger partial charge in [0.15, 0.2) is 0 Å². The third-order valence-electron chi connectivity index (χ3n) is 3.85. The maximum atomic E-state index is 13.8. The molecule has 0 aliphatic heterocycles. The minimum Gasteiger partial charge on any atom is -0.351 e. The lowest BCUT2D eigenvalue weighted by atomic mass is 10.1. The van der Waals surface area contributed by atoms with Crippen molar-refractivity contribution in [2.45, 2.75) is 39.4 Å². The number of hydrogen-bond donors (Lipinski definition) is 2. The molecule has 0 saturated heterocycles. The summed E-state index contributed by atoms with van der Waals surface area (Å²) in [6.45, 7) is 6.14. The molecule has 122 valence electrons. The minimum atomic E-state index is -0.407. The van der Waals surface area contributed by atoms with Crippen molar-refractivity contribution in [1.82, 2.24) is 10.6 Å². The molecule has 2 aromatic carbocycles. The molecule has 23 heavy (non-hydrogen) atoms. The lowest BCUT2D eigenvalue weighted by molar-refractivity contribution is -0.123. The first kappa shape index (κ1) is 17.2. The number of carbonyl (C=O) groups excluding carboxylic acids is 1. The zero-order valence-corrected chi connectivity index (χ0v) is 13.8. The first-order valence-electron chi connectivity index (χ1n) is 7.81. The van der Waals surface area contributed by atoms with Crippen LogP contribution in [0.15, 0.2) is 48.5 Å². The van der Waals surface area contributed by atoms with Crippen LogP contribution in [0.2, 0.25) is 0 Å². The number of aryl methyl sites for hydroxylation is 1. The fourth-order valence-corrected chi connectivity index (χ4v) is 2.41. The maximum absolute atomic E-state index is 13.8. The average Bonchev–Trinajstić information content (AvgIpc) is 2.54. The number of halogens is 1. The van der Waals surface area contributed by atoms with Crippen molar-refractivity contribution in [2.24, 2.45) is 0 Å². The Bertz CT molecular complexity index is 655. The van der Waals surface area contributed by atoms with Crippen molar-refractivity contribution in [3.8, 4) is 0 Å². The molecule has 0 radical (unpaired) electrons. The van der Waals surface area contributed by atoms with E-state index in [-0.39, 0.29) is 17.8 Å². The quantitative estimate of drug-likeness (QED) is 0.857. The van der Waals surface area contributed by atoms with Crippen molar-refractivity contribution in [1.29, 1.82) is 0 Å². The highest BCUT2D eigenvalue weighted by Gasteiger charge is 2.17. The second-order valence-corrected chi connectivity index (χ2v) is 5.83. The van der Waals surface area contributed by atoms with Gasteiger partial charge in [-0.15, -0.1) is 0 Å². The predicted molar refractivity (Wildman–Crippen MR) is 90.4 cm³/mol. The molecule has 0 aromatic heterocycles. The standard InChI is InChI=1S/C19H23FN2O/c1-13-8-10-16(11-9-13)12-21-19(23)15(3)22-14(2)17-6-4-5-7-18(17)20/h4-11,14-15,22H,12H2,1-3H3,(H,21,23). The molecule has 2 rings (SSSR count). The van der Waals surface area contributed by atoms with Crippen molar-refractivity contribution in [3.05, 3.63) is 71.0 Å². The minimum absolute atomic E-state index is 0.103.